The van der Waals surface area contributed by atoms with Crippen LogP contribution in [0.2, 0.25) is 0 Å². The molecule has 0 radical (unpaired) electrons. The van der Waals surface area contributed by atoms with Crippen molar-refractivity contribution in [2.75, 3.05) is 5.32 Å². The predicted octanol–water partition coefficient (Wildman–Crippen LogP) is 2.39. The number of nitrogens with one attached hydrogen (secondary N) is 1. The lowest BCUT2D eigenvalue weighted by Crippen LogP contribution is -2.41. The van der Waals surface area contributed by atoms with Gasteiger partial charge in [0, 0.05) is 22.8 Å². The van der Waals surface area contributed by atoms with Gasteiger partial charge in [-0.15, -0.1) is 11.3 Å². The van der Waals surface area contributed by atoms with Crippen LogP contribution in [0.4, 0.5) is 5.13 Å². The van der Waals surface area contributed by atoms with Gasteiger partial charge < -0.3 is 15.2 Å². The highest BCUT2D eigenvalue weighted by Gasteiger charge is 2.30. The molecule has 0 aliphatic heterocycles. The highest BCUT2D eigenvalue weighted by Crippen LogP contribution is 2.29. The van der Waals surface area contributed by atoms with E-state index in [9.17, 15) is 14.7 Å². The van der Waals surface area contributed by atoms with E-state index in [1.54, 1.807) is 6.08 Å². The number of allylic oxidation sites excluding steroid dienone is 2. The number of benzene rings is 1. The summed E-state index contributed by atoms with van der Waals surface area (Å²) in [5.41, 5.74) is 2.93. The third-order valence-corrected chi connectivity index (χ3v) is 4.91. The molecule has 5 nitrogen and oxygen atoms in total. The van der Waals surface area contributed by atoms with Crippen molar-refractivity contribution in [1.29, 1.82) is 0 Å². The number of hydrogen-bond acceptors (Lipinski definition) is 5. The second-order valence-corrected chi connectivity index (χ2v) is 6.73. The van der Waals surface area contributed by atoms with Crippen molar-refractivity contribution in [3.8, 4) is 11.3 Å². The molecule has 1 aromatic heterocycles. The zero-order valence-corrected chi connectivity index (χ0v) is 14.0. The number of aliphatic carboxylic acids is 1. The van der Waals surface area contributed by atoms with Crippen LogP contribution in [0.5, 0.6) is 0 Å². The largest absolute Gasteiger partial charge is 0.550 e. The van der Waals surface area contributed by atoms with Gasteiger partial charge in [0.15, 0.2) is 5.13 Å². The van der Waals surface area contributed by atoms with Crippen molar-refractivity contribution in [2.45, 2.75) is 19.8 Å². The van der Waals surface area contributed by atoms with Crippen LogP contribution in [0.15, 0.2) is 41.8 Å². The second kappa shape index (κ2) is 6.97. The first-order valence-corrected chi connectivity index (χ1v) is 8.62. The van der Waals surface area contributed by atoms with E-state index in [0.717, 1.165) is 11.3 Å². The minimum Gasteiger partial charge on any atom is -0.550 e. The average Bonchev–Trinajstić information content (AvgIpc) is 3.04. The molecule has 0 spiro atoms. The lowest BCUT2D eigenvalue weighted by Gasteiger charge is -2.27. The molecular formula is C18H17N2O3S-. The van der Waals surface area contributed by atoms with Gasteiger partial charge in [0.05, 0.1) is 11.6 Å². The number of amides is 1. The van der Waals surface area contributed by atoms with Crippen molar-refractivity contribution in [3.63, 3.8) is 0 Å². The minimum absolute atomic E-state index is 0.321. The van der Waals surface area contributed by atoms with Gasteiger partial charge in [-0.2, -0.15) is 0 Å². The van der Waals surface area contributed by atoms with E-state index in [1.165, 1.54) is 16.9 Å². The zero-order chi connectivity index (χ0) is 17.1. The van der Waals surface area contributed by atoms with Crippen LogP contribution in [0.25, 0.3) is 11.3 Å². The molecule has 124 valence electrons. The summed E-state index contributed by atoms with van der Waals surface area (Å²) in [5.74, 6) is -2.91. The zero-order valence-electron chi connectivity index (χ0n) is 13.2. The summed E-state index contributed by atoms with van der Waals surface area (Å²) in [7, 11) is 0. The first kappa shape index (κ1) is 16.4. The van der Waals surface area contributed by atoms with Crippen LogP contribution in [0.3, 0.4) is 0 Å². The molecule has 24 heavy (non-hydrogen) atoms. The number of carbonyl (C=O) groups excluding carboxylic acids is 2. The number of nitrogens with zero attached hydrogens (tertiary/aromatic N) is 1. The van der Waals surface area contributed by atoms with E-state index in [0.29, 0.717) is 18.0 Å². The molecular weight excluding hydrogens is 324 g/mol. The maximum Gasteiger partial charge on any atom is 0.230 e. The van der Waals surface area contributed by atoms with Gasteiger partial charge in [0.2, 0.25) is 5.91 Å². The number of aryl methyl sites for hydroxylation is 1. The third kappa shape index (κ3) is 3.54. The molecule has 1 N–H and O–H groups in total. The number of anilines is 1. The molecule has 0 saturated heterocycles. The second-order valence-electron chi connectivity index (χ2n) is 5.87. The number of hydrogen-bond donors (Lipinski definition) is 1. The van der Waals surface area contributed by atoms with Crippen LogP contribution in [-0.2, 0) is 9.59 Å². The van der Waals surface area contributed by atoms with Gasteiger partial charge in [-0.25, -0.2) is 4.98 Å². The van der Waals surface area contributed by atoms with Crippen molar-refractivity contribution < 1.29 is 14.7 Å². The number of carboxylic acid groups (broad SMARTS) is 1. The average molecular weight is 341 g/mol. The molecule has 3 rings (SSSR count). The summed E-state index contributed by atoms with van der Waals surface area (Å²) in [6.07, 6.45) is 4.35. The normalized spacial score (nSPS) is 19.9. The predicted molar refractivity (Wildman–Crippen MR) is 91.3 cm³/mol. The molecule has 0 saturated carbocycles. The molecule has 2 aromatic rings. The number of carboxylic acids is 1. The number of aromatic nitrogens is 1. The summed E-state index contributed by atoms with van der Waals surface area (Å²) in [5, 5.41) is 16.3. The Labute approximate surface area is 144 Å². The summed E-state index contributed by atoms with van der Waals surface area (Å²) in [4.78, 5) is 28.0. The molecule has 0 bridgehead atoms. The first-order chi connectivity index (χ1) is 11.5. The molecule has 1 amide bonds. The van der Waals surface area contributed by atoms with E-state index in [2.05, 4.69) is 10.3 Å². The smallest absolute Gasteiger partial charge is 0.230 e. The Bertz CT molecular complexity index is 780. The Balaban J connectivity index is 1.72. The fraction of sp³-hybridized carbons (Fsp3) is 0.278. The van der Waals surface area contributed by atoms with Gasteiger partial charge in [-0.05, 0) is 19.8 Å². The van der Waals surface area contributed by atoms with Gasteiger partial charge >= 0.3 is 0 Å². The topological polar surface area (TPSA) is 82.1 Å². The molecule has 1 heterocycles. The third-order valence-electron chi connectivity index (χ3n) is 4.15. The summed E-state index contributed by atoms with van der Waals surface area (Å²) in [6.45, 7) is 2.02. The van der Waals surface area contributed by atoms with Crippen molar-refractivity contribution in [2.24, 2.45) is 11.8 Å². The Kier molecular flexibility index (Phi) is 4.76. The molecule has 1 aromatic carbocycles. The van der Waals surface area contributed by atoms with Gasteiger partial charge in [0.25, 0.3) is 0 Å². The lowest BCUT2D eigenvalue weighted by atomic mass is 9.82. The van der Waals surface area contributed by atoms with Gasteiger partial charge in [0.1, 0.15) is 0 Å². The number of carbonyl (C=O) groups is 2. The van der Waals surface area contributed by atoms with Crippen LogP contribution in [0, 0.1) is 18.8 Å². The molecule has 0 fully saturated rings. The molecule has 0 unspecified atom stereocenters. The summed E-state index contributed by atoms with van der Waals surface area (Å²) in [6, 6.07) is 7.97. The standard InChI is InChI=1S/C18H18N2O3S/c1-11-6-8-12(9-7-11)15-10-24-18(19-15)20-16(21)13-4-2-3-5-14(13)17(22)23/h2-3,6-10,13-14H,4-5H2,1H3,(H,22,23)(H,19,20,21)/p-1/t13-,14+/m1/s1. The number of rotatable bonds is 4. The van der Waals surface area contributed by atoms with Crippen molar-refractivity contribution >= 4 is 28.3 Å². The first-order valence-electron chi connectivity index (χ1n) is 7.74. The minimum atomic E-state index is -1.18. The van der Waals surface area contributed by atoms with E-state index >= 15 is 0 Å². The Hall–Kier alpha value is -2.47. The van der Waals surface area contributed by atoms with Gasteiger partial charge in [-0.3, -0.25) is 4.79 Å². The Morgan fingerprint density at radius 3 is 2.50 bits per heavy atom. The summed E-state index contributed by atoms with van der Waals surface area (Å²) >= 11 is 1.33. The van der Waals surface area contributed by atoms with Crippen molar-refractivity contribution in [1.82, 2.24) is 4.98 Å². The van der Waals surface area contributed by atoms with E-state index in [4.69, 9.17) is 0 Å². The SMILES string of the molecule is Cc1ccc(-c2csc(NC(=O)[C@@H]3CC=CC[C@@H]3C(=O)[O-])n2)cc1. The van der Waals surface area contributed by atoms with Crippen LogP contribution >= 0.6 is 11.3 Å². The fourth-order valence-electron chi connectivity index (χ4n) is 2.75. The van der Waals surface area contributed by atoms with Crippen molar-refractivity contribution in [3.05, 3.63) is 47.4 Å². The molecule has 1 aliphatic rings. The molecule has 2 atom stereocenters. The quantitative estimate of drug-likeness (QED) is 0.866. The highest BCUT2D eigenvalue weighted by atomic mass is 32.1. The van der Waals surface area contributed by atoms with Gasteiger partial charge in [-0.1, -0.05) is 42.0 Å². The van der Waals surface area contributed by atoms with Crippen LogP contribution in [0.1, 0.15) is 18.4 Å². The highest BCUT2D eigenvalue weighted by molar-refractivity contribution is 7.14. The van der Waals surface area contributed by atoms with Crippen LogP contribution in [-0.4, -0.2) is 16.9 Å². The molecule has 6 heteroatoms. The number of thiazole rings is 1. The lowest BCUT2D eigenvalue weighted by molar-refractivity contribution is -0.313. The fourth-order valence-corrected chi connectivity index (χ4v) is 3.47. The summed E-state index contributed by atoms with van der Waals surface area (Å²) < 4.78 is 0. The monoisotopic (exact) mass is 341 g/mol. The van der Waals surface area contributed by atoms with E-state index < -0.39 is 17.8 Å². The maximum absolute atomic E-state index is 12.4. The van der Waals surface area contributed by atoms with Crippen LogP contribution < -0.4 is 10.4 Å². The maximum atomic E-state index is 12.4. The Morgan fingerprint density at radius 1 is 1.17 bits per heavy atom. The molecule has 1 aliphatic carbocycles. The Morgan fingerprint density at radius 2 is 1.83 bits per heavy atom. The van der Waals surface area contributed by atoms with E-state index in [-0.39, 0.29) is 5.91 Å². The van der Waals surface area contributed by atoms with E-state index in [1.807, 2.05) is 42.6 Å².